The molecule has 3 nitrogen and oxygen atoms in total. The monoisotopic (exact) mass is 194 g/mol. The molecule has 0 saturated carbocycles. The molecule has 0 aliphatic heterocycles. The van der Waals surface area contributed by atoms with Crippen LogP contribution in [-0.2, 0) is 11.3 Å². The lowest BCUT2D eigenvalue weighted by atomic mass is 10.0. The Morgan fingerprint density at radius 3 is 2.86 bits per heavy atom. The summed E-state index contributed by atoms with van der Waals surface area (Å²) in [6.07, 6.45) is 0. The Hall–Kier alpha value is -0.900. The highest BCUT2D eigenvalue weighted by atomic mass is 16.5. The third-order valence-corrected chi connectivity index (χ3v) is 2.25. The lowest BCUT2D eigenvalue weighted by Crippen LogP contribution is -2.24. The van der Waals surface area contributed by atoms with Crippen LogP contribution in [0.15, 0.2) is 24.3 Å². The number of methoxy groups -OCH3 is 1. The fourth-order valence-electron chi connectivity index (χ4n) is 1.49. The lowest BCUT2D eigenvalue weighted by Gasteiger charge is -2.14. The first-order valence-corrected chi connectivity index (χ1v) is 4.77. The molecule has 0 bridgehead atoms. The second-order valence-electron chi connectivity index (χ2n) is 3.26. The lowest BCUT2D eigenvalue weighted by molar-refractivity contribution is 0.185. The van der Waals surface area contributed by atoms with Crippen molar-refractivity contribution < 1.29 is 4.74 Å². The fourth-order valence-corrected chi connectivity index (χ4v) is 1.49. The van der Waals surface area contributed by atoms with Gasteiger partial charge in [-0.25, -0.2) is 0 Å². The molecule has 0 saturated heterocycles. The second-order valence-corrected chi connectivity index (χ2v) is 3.26. The quantitative estimate of drug-likeness (QED) is 0.736. The third-order valence-electron chi connectivity index (χ3n) is 2.25. The molecule has 14 heavy (non-hydrogen) atoms. The van der Waals surface area contributed by atoms with Crippen molar-refractivity contribution in [1.29, 1.82) is 0 Å². The number of nitrogens with two attached hydrogens (primary N) is 1. The summed E-state index contributed by atoms with van der Waals surface area (Å²) in [4.78, 5) is 0. The number of rotatable bonds is 5. The Morgan fingerprint density at radius 1 is 1.50 bits per heavy atom. The molecule has 3 heteroatoms. The number of nitrogens with one attached hydrogen (secondary N) is 1. The molecule has 0 radical (unpaired) electrons. The number of likely N-dealkylation sites (N-methyl/N-ethyl adjacent to an activating group) is 1. The largest absolute Gasteiger partial charge is 0.380 e. The minimum atomic E-state index is 0.229. The maximum Gasteiger partial charge on any atom is 0.0713 e. The number of benzene rings is 1. The zero-order valence-electron chi connectivity index (χ0n) is 8.79. The van der Waals surface area contributed by atoms with Crippen molar-refractivity contribution in [3.63, 3.8) is 0 Å². The van der Waals surface area contributed by atoms with Gasteiger partial charge < -0.3 is 15.8 Å². The van der Waals surface area contributed by atoms with E-state index in [9.17, 15) is 0 Å². The Kier molecular flexibility index (Phi) is 4.59. The van der Waals surface area contributed by atoms with E-state index in [2.05, 4.69) is 23.5 Å². The minimum Gasteiger partial charge on any atom is -0.380 e. The van der Waals surface area contributed by atoms with Crippen molar-refractivity contribution >= 4 is 0 Å². The average Bonchev–Trinajstić information content (AvgIpc) is 2.21. The van der Waals surface area contributed by atoms with Crippen molar-refractivity contribution in [3.8, 4) is 0 Å². The van der Waals surface area contributed by atoms with Crippen LogP contribution >= 0.6 is 0 Å². The van der Waals surface area contributed by atoms with Gasteiger partial charge in [0.2, 0.25) is 0 Å². The molecule has 3 N–H and O–H groups in total. The Balaban J connectivity index is 2.81. The number of hydrogen-bond donors (Lipinski definition) is 2. The molecule has 1 aromatic rings. The second kappa shape index (κ2) is 5.75. The van der Waals surface area contributed by atoms with Crippen LogP contribution in [0, 0.1) is 0 Å². The molecule has 0 aromatic heterocycles. The van der Waals surface area contributed by atoms with Gasteiger partial charge in [0.05, 0.1) is 6.61 Å². The van der Waals surface area contributed by atoms with Crippen LogP contribution in [0.25, 0.3) is 0 Å². The van der Waals surface area contributed by atoms with Crippen LogP contribution in [0.5, 0.6) is 0 Å². The summed E-state index contributed by atoms with van der Waals surface area (Å²) >= 11 is 0. The van der Waals surface area contributed by atoms with E-state index in [4.69, 9.17) is 10.5 Å². The first-order chi connectivity index (χ1) is 6.81. The molecule has 0 amide bonds. The van der Waals surface area contributed by atoms with Crippen LogP contribution in [0.2, 0.25) is 0 Å². The van der Waals surface area contributed by atoms with E-state index >= 15 is 0 Å². The van der Waals surface area contributed by atoms with Crippen molar-refractivity contribution in [1.82, 2.24) is 5.32 Å². The maximum atomic E-state index is 5.65. The van der Waals surface area contributed by atoms with Crippen LogP contribution in [0.4, 0.5) is 0 Å². The molecule has 78 valence electrons. The molecular formula is C11H18N2O. The van der Waals surface area contributed by atoms with Crippen molar-refractivity contribution in [3.05, 3.63) is 35.4 Å². The van der Waals surface area contributed by atoms with Gasteiger partial charge in [-0.3, -0.25) is 0 Å². The Labute approximate surface area is 85.3 Å². The normalized spacial score (nSPS) is 12.8. The summed E-state index contributed by atoms with van der Waals surface area (Å²) in [5, 5.41) is 3.17. The third kappa shape index (κ3) is 2.80. The minimum absolute atomic E-state index is 0.229. The number of ether oxygens (including phenoxy) is 1. The van der Waals surface area contributed by atoms with Crippen LogP contribution in [0.1, 0.15) is 17.2 Å². The standard InChI is InChI=1S/C11H18N2O/c1-13-11(7-12)10-5-3-4-9(6-10)8-14-2/h3-6,11,13H,7-8,12H2,1-2H3. The smallest absolute Gasteiger partial charge is 0.0713 e. The van der Waals surface area contributed by atoms with Crippen LogP contribution in [0.3, 0.4) is 0 Å². The van der Waals surface area contributed by atoms with Gasteiger partial charge >= 0.3 is 0 Å². The van der Waals surface area contributed by atoms with Gasteiger partial charge in [0.25, 0.3) is 0 Å². The zero-order chi connectivity index (χ0) is 10.4. The van der Waals surface area contributed by atoms with E-state index in [0.717, 1.165) is 0 Å². The molecular weight excluding hydrogens is 176 g/mol. The molecule has 0 fully saturated rings. The van der Waals surface area contributed by atoms with Gasteiger partial charge in [-0.15, -0.1) is 0 Å². The van der Waals surface area contributed by atoms with E-state index in [1.54, 1.807) is 7.11 Å². The summed E-state index contributed by atoms with van der Waals surface area (Å²) < 4.78 is 5.08. The fraction of sp³-hybridized carbons (Fsp3) is 0.455. The zero-order valence-corrected chi connectivity index (χ0v) is 8.79. The van der Waals surface area contributed by atoms with Gasteiger partial charge in [0.1, 0.15) is 0 Å². The molecule has 0 aliphatic rings. The average molecular weight is 194 g/mol. The predicted octanol–water partition coefficient (Wildman–Crippen LogP) is 1.05. The van der Waals surface area contributed by atoms with Gasteiger partial charge in [-0.05, 0) is 18.2 Å². The van der Waals surface area contributed by atoms with Crippen molar-refractivity contribution in [2.45, 2.75) is 12.6 Å². The van der Waals surface area contributed by atoms with E-state index in [-0.39, 0.29) is 6.04 Å². The first-order valence-electron chi connectivity index (χ1n) is 4.77. The summed E-state index contributed by atoms with van der Waals surface area (Å²) in [5.74, 6) is 0. The van der Waals surface area contributed by atoms with E-state index in [1.165, 1.54) is 11.1 Å². The molecule has 1 rings (SSSR count). The van der Waals surface area contributed by atoms with Crippen molar-refractivity contribution in [2.75, 3.05) is 20.7 Å². The van der Waals surface area contributed by atoms with Crippen LogP contribution < -0.4 is 11.1 Å². The van der Waals surface area contributed by atoms with Crippen LogP contribution in [-0.4, -0.2) is 20.7 Å². The van der Waals surface area contributed by atoms with E-state index < -0.39 is 0 Å². The highest BCUT2D eigenvalue weighted by Gasteiger charge is 2.06. The summed E-state index contributed by atoms with van der Waals surface area (Å²) in [6.45, 7) is 1.25. The highest BCUT2D eigenvalue weighted by Crippen LogP contribution is 2.13. The van der Waals surface area contributed by atoms with E-state index in [0.29, 0.717) is 13.2 Å². The van der Waals surface area contributed by atoms with Gasteiger partial charge in [0, 0.05) is 19.7 Å². The molecule has 0 spiro atoms. The Morgan fingerprint density at radius 2 is 2.29 bits per heavy atom. The molecule has 0 heterocycles. The topological polar surface area (TPSA) is 47.3 Å². The van der Waals surface area contributed by atoms with Gasteiger partial charge in [0.15, 0.2) is 0 Å². The molecule has 1 unspecified atom stereocenters. The molecule has 1 aromatic carbocycles. The van der Waals surface area contributed by atoms with Gasteiger partial charge in [-0.2, -0.15) is 0 Å². The van der Waals surface area contributed by atoms with E-state index in [1.807, 2.05) is 13.1 Å². The van der Waals surface area contributed by atoms with Gasteiger partial charge in [-0.1, -0.05) is 24.3 Å². The Bertz CT molecular complexity index is 272. The van der Waals surface area contributed by atoms with Crippen molar-refractivity contribution in [2.24, 2.45) is 5.73 Å². The summed E-state index contributed by atoms with van der Waals surface area (Å²) in [7, 11) is 3.62. The molecule has 1 atom stereocenters. The summed E-state index contributed by atoms with van der Waals surface area (Å²) in [6, 6.07) is 8.51. The highest BCUT2D eigenvalue weighted by molar-refractivity contribution is 5.25. The SMILES string of the molecule is CNC(CN)c1cccc(COC)c1. The maximum absolute atomic E-state index is 5.65. The number of hydrogen-bond acceptors (Lipinski definition) is 3. The first kappa shape index (κ1) is 11.2. The molecule has 0 aliphatic carbocycles. The predicted molar refractivity (Wildman–Crippen MR) is 58.0 cm³/mol. The summed E-state index contributed by atoms with van der Waals surface area (Å²) in [5.41, 5.74) is 8.04.